The minimum Gasteiger partial charge on any atom is -0.382 e. The van der Waals surface area contributed by atoms with Crippen molar-refractivity contribution in [2.45, 2.75) is 65.3 Å². The highest BCUT2D eigenvalue weighted by Crippen LogP contribution is 2.22. The van der Waals surface area contributed by atoms with Gasteiger partial charge in [-0.25, -0.2) is 0 Å². The van der Waals surface area contributed by atoms with Crippen molar-refractivity contribution in [3.8, 4) is 0 Å². The van der Waals surface area contributed by atoms with Crippen LogP contribution in [0.15, 0.2) is 22.7 Å². The van der Waals surface area contributed by atoms with E-state index in [1.54, 1.807) is 0 Å². The monoisotopic (exact) mass is 311 g/mol. The van der Waals surface area contributed by atoms with Crippen molar-refractivity contribution in [1.29, 1.82) is 0 Å². The second-order valence-corrected chi connectivity index (χ2v) is 6.12. The van der Waals surface area contributed by atoms with Crippen molar-refractivity contribution in [3.63, 3.8) is 0 Å². The number of rotatable bonds is 8. The summed E-state index contributed by atoms with van der Waals surface area (Å²) < 4.78 is 1.14. The van der Waals surface area contributed by atoms with Crippen LogP contribution < -0.4 is 5.32 Å². The molecule has 0 radical (unpaired) electrons. The third kappa shape index (κ3) is 5.90. The summed E-state index contributed by atoms with van der Waals surface area (Å²) in [7, 11) is 0. The molecule has 1 unspecified atom stereocenters. The number of hydrogen-bond donors (Lipinski definition) is 1. The molecule has 0 amide bonds. The lowest BCUT2D eigenvalue weighted by Crippen LogP contribution is -2.15. The second-order valence-electron chi connectivity index (χ2n) is 5.21. The molecule has 1 atom stereocenters. The Kier molecular flexibility index (Phi) is 7.41. The van der Waals surface area contributed by atoms with Crippen LogP contribution in [-0.4, -0.2) is 6.04 Å². The fraction of sp³-hybridized carbons (Fsp3) is 0.625. The van der Waals surface area contributed by atoms with Crippen LogP contribution in [0.25, 0.3) is 0 Å². The molecule has 1 aromatic rings. The first-order chi connectivity index (χ1) is 8.63. The lowest BCUT2D eigenvalue weighted by Gasteiger charge is -2.17. The molecule has 102 valence electrons. The normalized spacial score (nSPS) is 12.4. The standard InChI is InChI=1S/C16H26BrN/c1-4-5-6-7-8-9-14(3)18-16-12-15(17)11-10-13(16)2/h10-12,14,18H,4-9H2,1-3H3. The van der Waals surface area contributed by atoms with E-state index in [9.17, 15) is 0 Å². The molecule has 2 heteroatoms. The minimum atomic E-state index is 0.555. The molecule has 0 heterocycles. The molecule has 0 aliphatic carbocycles. The molecule has 0 aliphatic heterocycles. The zero-order chi connectivity index (χ0) is 13.4. The fourth-order valence-corrected chi connectivity index (χ4v) is 2.50. The Bertz CT molecular complexity index is 349. The van der Waals surface area contributed by atoms with Crippen molar-refractivity contribution in [3.05, 3.63) is 28.2 Å². The van der Waals surface area contributed by atoms with Crippen molar-refractivity contribution in [1.82, 2.24) is 0 Å². The summed E-state index contributed by atoms with van der Waals surface area (Å²) in [4.78, 5) is 0. The van der Waals surface area contributed by atoms with Crippen LogP contribution in [0.5, 0.6) is 0 Å². The van der Waals surface area contributed by atoms with E-state index in [0.717, 1.165) is 4.47 Å². The van der Waals surface area contributed by atoms with Crippen LogP contribution in [-0.2, 0) is 0 Å². The molecular formula is C16H26BrN. The first-order valence-corrected chi connectivity index (χ1v) is 7.95. The number of hydrogen-bond acceptors (Lipinski definition) is 1. The number of aryl methyl sites for hydroxylation is 1. The van der Waals surface area contributed by atoms with Crippen LogP contribution >= 0.6 is 15.9 Å². The molecule has 0 saturated carbocycles. The third-order valence-electron chi connectivity index (χ3n) is 3.34. The third-order valence-corrected chi connectivity index (χ3v) is 3.84. The molecule has 0 aromatic heterocycles. The van der Waals surface area contributed by atoms with E-state index in [-0.39, 0.29) is 0 Å². The van der Waals surface area contributed by atoms with Crippen LogP contribution in [0.3, 0.4) is 0 Å². The largest absolute Gasteiger partial charge is 0.382 e. The Labute approximate surface area is 120 Å². The van der Waals surface area contributed by atoms with E-state index in [1.807, 2.05) is 0 Å². The van der Waals surface area contributed by atoms with Gasteiger partial charge in [-0.3, -0.25) is 0 Å². The lowest BCUT2D eigenvalue weighted by atomic mass is 10.1. The van der Waals surface area contributed by atoms with Gasteiger partial charge in [0.25, 0.3) is 0 Å². The average molecular weight is 312 g/mol. The van der Waals surface area contributed by atoms with Crippen LogP contribution in [0.2, 0.25) is 0 Å². The molecular weight excluding hydrogens is 286 g/mol. The van der Waals surface area contributed by atoms with Crippen molar-refractivity contribution in [2.75, 3.05) is 5.32 Å². The topological polar surface area (TPSA) is 12.0 Å². The predicted octanol–water partition coefficient (Wildman–Crippen LogP) is 5.92. The van der Waals surface area contributed by atoms with Gasteiger partial charge in [-0.2, -0.15) is 0 Å². The molecule has 1 aromatic carbocycles. The zero-order valence-corrected chi connectivity index (χ0v) is 13.5. The van der Waals surface area contributed by atoms with Crippen molar-refractivity contribution < 1.29 is 0 Å². The van der Waals surface area contributed by atoms with Gasteiger partial charge in [-0.15, -0.1) is 0 Å². The molecule has 1 N–H and O–H groups in total. The summed E-state index contributed by atoms with van der Waals surface area (Å²) in [6, 6.07) is 6.97. The summed E-state index contributed by atoms with van der Waals surface area (Å²) in [6.07, 6.45) is 8.06. The molecule has 0 fully saturated rings. The van der Waals surface area contributed by atoms with Crippen molar-refractivity contribution >= 4 is 21.6 Å². The minimum absolute atomic E-state index is 0.555. The summed E-state index contributed by atoms with van der Waals surface area (Å²) in [5.41, 5.74) is 2.57. The van der Waals surface area contributed by atoms with Crippen LogP contribution in [0, 0.1) is 6.92 Å². The van der Waals surface area contributed by atoms with E-state index in [4.69, 9.17) is 0 Å². The molecule has 0 saturated heterocycles. The Morgan fingerprint density at radius 3 is 2.61 bits per heavy atom. The smallest absolute Gasteiger partial charge is 0.0383 e. The summed E-state index contributed by atoms with van der Waals surface area (Å²) >= 11 is 3.53. The molecule has 0 aliphatic rings. The van der Waals surface area contributed by atoms with Gasteiger partial charge < -0.3 is 5.32 Å². The van der Waals surface area contributed by atoms with Gasteiger partial charge in [0.2, 0.25) is 0 Å². The number of anilines is 1. The molecule has 1 rings (SSSR count). The molecule has 0 bridgehead atoms. The molecule has 1 nitrogen and oxygen atoms in total. The van der Waals surface area contributed by atoms with Crippen molar-refractivity contribution in [2.24, 2.45) is 0 Å². The van der Waals surface area contributed by atoms with Gasteiger partial charge in [0, 0.05) is 16.2 Å². The quantitative estimate of drug-likeness (QED) is 0.588. The summed E-state index contributed by atoms with van der Waals surface area (Å²) in [6.45, 7) is 6.70. The first kappa shape index (κ1) is 15.6. The van der Waals surface area contributed by atoms with Crippen LogP contribution in [0.1, 0.15) is 57.9 Å². The Hall–Kier alpha value is -0.500. The SMILES string of the molecule is CCCCCCCC(C)Nc1cc(Br)ccc1C. The maximum absolute atomic E-state index is 3.61. The summed E-state index contributed by atoms with van der Waals surface area (Å²) in [5, 5.41) is 3.61. The van der Waals surface area contributed by atoms with E-state index in [2.05, 4.69) is 60.2 Å². The van der Waals surface area contributed by atoms with Gasteiger partial charge in [-0.1, -0.05) is 61.0 Å². The Morgan fingerprint density at radius 1 is 1.17 bits per heavy atom. The Morgan fingerprint density at radius 2 is 1.89 bits per heavy atom. The van der Waals surface area contributed by atoms with E-state index >= 15 is 0 Å². The molecule has 0 spiro atoms. The lowest BCUT2D eigenvalue weighted by molar-refractivity contribution is 0.578. The van der Waals surface area contributed by atoms with Crippen LogP contribution in [0.4, 0.5) is 5.69 Å². The maximum atomic E-state index is 3.61. The number of nitrogens with one attached hydrogen (secondary N) is 1. The van der Waals surface area contributed by atoms with Gasteiger partial charge in [0.15, 0.2) is 0 Å². The highest BCUT2D eigenvalue weighted by Gasteiger charge is 2.04. The number of halogens is 1. The van der Waals surface area contributed by atoms with Gasteiger partial charge >= 0.3 is 0 Å². The average Bonchev–Trinajstić information content (AvgIpc) is 2.33. The maximum Gasteiger partial charge on any atom is 0.0383 e. The Balaban J connectivity index is 2.30. The predicted molar refractivity (Wildman–Crippen MR) is 85.3 cm³/mol. The van der Waals surface area contributed by atoms with Gasteiger partial charge in [0.05, 0.1) is 0 Å². The van der Waals surface area contributed by atoms with Gasteiger partial charge in [0.1, 0.15) is 0 Å². The zero-order valence-electron chi connectivity index (χ0n) is 11.9. The first-order valence-electron chi connectivity index (χ1n) is 7.16. The van der Waals surface area contributed by atoms with E-state index < -0.39 is 0 Å². The highest BCUT2D eigenvalue weighted by atomic mass is 79.9. The molecule has 18 heavy (non-hydrogen) atoms. The fourth-order valence-electron chi connectivity index (χ4n) is 2.14. The second kappa shape index (κ2) is 8.58. The number of benzene rings is 1. The van der Waals surface area contributed by atoms with E-state index in [0.29, 0.717) is 6.04 Å². The van der Waals surface area contributed by atoms with Gasteiger partial charge in [-0.05, 0) is 38.0 Å². The summed E-state index contributed by atoms with van der Waals surface area (Å²) in [5.74, 6) is 0. The van der Waals surface area contributed by atoms with E-state index in [1.165, 1.54) is 49.8 Å². The highest BCUT2D eigenvalue weighted by molar-refractivity contribution is 9.10. The number of unbranched alkanes of at least 4 members (excludes halogenated alkanes) is 4.